The second kappa shape index (κ2) is 7.34. The lowest BCUT2D eigenvalue weighted by Crippen LogP contribution is -2.22. The summed E-state index contributed by atoms with van der Waals surface area (Å²) in [6, 6.07) is 11.2. The Bertz CT molecular complexity index is 1020. The van der Waals surface area contributed by atoms with Crippen LogP contribution in [0.25, 0.3) is 11.3 Å². The number of rotatable bonds is 5. The predicted molar refractivity (Wildman–Crippen MR) is 105 cm³/mol. The van der Waals surface area contributed by atoms with Crippen molar-refractivity contribution in [2.45, 2.75) is 32.2 Å². The van der Waals surface area contributed by atoms with Crippen molar-refractivity contribution < 1.29 is 14.0 Å². The van der Waals surface area contributed by atoms with Gasteiger partial charge in [0, 0.05) is 18.3 Å². The molecule has 0 spiro atoms. The molecule has 2 N–H and O–H groups in total. The molecular formula is C21H22N4O3. The van der Waals surface area contributed by atoms with E-state index in [1.165, 1.54) is 11.8 Å². The lowest BCUT2D eigenvalue weighted by molar-refractivity contribution is -0.122. The molecule has 0 radical (unpaired) electrons. The molecule has 1 aliphatic heterocycles. The summed E-state index contributed by atoms with van der Waals surface area (Å²) < 4.78 is 7.33. The van der Waals surface area contributed by atoms with Crippen molar-refractivity contribution in [3.05, 3.63) is 60.1 Å². The molecule has 1 fully saturated rings. The van der Waals surface area contributed by atoms with Crippen LogP contribution in [-0.2, 0) is 4.79 Å². The standard InChI is InChI=1S/C21H22N4O3/c1-13(2)14-4-3-5-15(10-14)18-6-7-19(28-18)21(27)24-16-11-23-25(12-16)17-8-9-22-20(17)26/h3-7,10-13,17H,8-9H2,1-2H3,(H,22,26)(H,24,27). The Labute approximate surface area is 162 Å². The maximum atomic E-state index is 12.5. The van der Waals surface area contributed by atoms with Gasteiger partial charge in [-0.25, -0.2) is 0 Å². The van der Waals surface area contributed by atoms with Gasteiger partial charge in [-0.3, -0.25) is 14.3 Å². The van der Waals surface area contributed by atoms with Gasteiger partial charge in [-0.15, -0.1) is 0 Å². The number of nitrogens with one attached hydrogen (secondary N) is 2. The van der Waals surface area contributed by atoms with E-state index in [2.05, 4.69) is 41.7 Å². The van der Waals surface area contributed by atoms with Gasteiger partial charge in [0.15, 0.2) is 5.76 Å². The van der Waals surface area contributed by atoms with Gasteiger partial charge in [0.05, 0.1) is 11.9 Å². The average Bonchev–Trinajstić information content (AvgIpc) is 3.42. The van der Waals surface area contributed by atoms with Crippen molar-refractivity contribution in [3.8, 4) is 11.3 Å². The fourth-order valence-electron chi connectivity index (χ4n) is 3.27. The average molecular weight is 378 g/mol. The van der Waals surface area contributed by atoms with Gasteiger partial charge in [0.25, 0.3) is 5.91 Å². The number of carbonyl (C=O) groups excluding carboxylic acids is 2. The number of furan rings is 1. The van der Waals surface area contributed by atoms with Crippen molar-refractivity contribution in [2.24, 2.45) is 0 Å². The Kier molecular flexibility index (Phi) is 4.73. The molecule has 2 amide bonds. The normalized spacial score (nSPS) is 16.4. The van der Waals surface area contributed by atoms with E-state index in [4.69, 9.17) is 4.42 Å². The molecule has 1 atom stereocenters. The monoisotopic (exact) mass is 378 g/mol. The molecule has 1 aromatic carbocycles. The van der Waals surface area contributed by atoms with Crippen LogP contribution in [0.1, 0.15) is 48.3 Å². The predicted octanol–water partition coefficient (Wildman–Crippen LogP) is 3.58. The van der Waals surface area contributed by atoms with E-state index in [9.17, 15) is 9.59 Å². The van der Waals surface area contributed by atoms with E-state index in [1.807, 2.05) is 12.1 Å². The van der Waals surface area contributed by atoms with Gasteiger partial charge in [-0.2, -0.15) is 5.10 Å². The molecule has 0 saturated carbocycles. The summed E-state index contributed by atoms with van der Waals surface area (Å²) in [5.41, 5.74) is 2.66. The number of hydrogen-bond donors (Lipinski definition) is 2. The van der Waals surface area contributed by atoms with Crippen molar-refractivity contribution in [2.75, 3.05) is 11.9 Å². The number of benzene rings is 1. The molecular weight excluding hydrogens is 356 g/mol. The molecule has 2 aromatic heterocycles. The first-order valence-electron chi connectivity index (χ1n) is 9.34. The fourth-order valence-corrected chi connectivity index (χ4v) is 3.27. The molecule has 28 heavy (non-hydrogen) atoms. The first-order chi connectivity index (χ1) is 13.5. The second-order valence-corrected chi connectivity index (χ2v) is 7.20. The molecule has 3 heterocycles. The largest absolute Gasteiger partial charge is 0.451 e. The summed E-state index contributed by atoms with van der Waals surface area (Å²) >= 11 is 0. The van der Waals surface area contributed by atoms with Crippen LogP contribution >= 0.6 is 0 Å². The van der Waals surface area contributed by atoms with Crippen LogP contribution in [0.15, 0.2) is 53.2 Å². The third kappa shape index (κ3) is 3.55. The topological polar surface area (TPSA) is 89.2 Å². The number of aromatic nitrogens is 2. The summed E-state index contributed by atoms with van der Waals surface area (Å²) in [5.74, 6) is 0.861. The molecule has 1 aliphatic rings. The summed E-state index contributed by atoms with van der Waals surface area (Å²) in [4.78, 5) is 24.3. The third-order valence-electron chi connectivity index (χ3n) is 4.87. The second-order valence-electron chi connectivity index (χ2n) is 7.20. The highest BCUT2D eigenvalue weighted by Gasteiger charge is 2.26. The van der Waals surface area contributed by atoms with Crippen LogP contribution < -0.4 is 10.6 Å². The molecule has 1 saturated heterocycles. The van der Waals surface area contributed by atoms with Crippen LogP contribution in [0.2, 0.25) is 0 Å². The van der Waals surface area contributed by atoms with E-state index in [0.29, 0.717) is 30.3 Å². The van der Waals surface area contributed by atoms with Gasteiger partial charge < -0.3 is 15.1 Å². The zero-order chi connectivity index (χ0) is 19.7. The Balaban J connectivity index is 1.47. The highest BCUT2D eigenvalue weighted by atomic mass is 16.3. The molecule has 1 unspecified atom stereocenters. The van der Waals surface area contributed by atoms with Crippen LogP contribution in [0.5, 0.6) is 0 Å². The van der Waals surface area contributed by atoms with E-state index < -0.39 is 0 Å². The highest BCUT2D eigenvalue weighted by molar-refractivity contribution is 6.02. The van der Waals surface area contributed by atoms with Crippen molar-refractivity contribution in [1.29, 1.82) is 0 Å². The smallest absolute Gasteiger partial charge is 0.291 e. The van der Waals surface area contributed by atoms with Crippen LogP contribution in [0, 0.1) is 0 Å². The molecule has 0 aliphatic carbocycles. The van der Waals surface area contributed by atoms with Crippen molar-refractivity contribution in [3.63, 3.8) is 0 Å². The van der Waals surface area contributed by atoms with Gasteiger partial charge in [-0.1, -0.05) is 32.0 Å². The minimum absolute atomic E-state index is 0.0553. The van der Waals surface area contributed by atoms with E-state index >= 15 is 0 Å². The molecule has 144 valence electrons. The summed E-state index contributed by atoms with van der Waals surface area (Å²) in [5, 5.41) is 9.72. The van der Waals surface area contributed by atoms with Crippen molar-refractivity contribution >= 4 is 17.5 Å². The maximum Gasteiger partial charge on any atom is 0.291 e. The maximum absolute atomic E-state index is 12.5. The fraction of sp³-hybridized carbons (Fsp3) is 0.286. The highest BCUT2D eigenvalue weighted by Crippen LogP contribution is 2.26. The Morgan fingerprint density at radius 1 is 1.32 bits per heavy atom. The zero-order valence-electron chi connectivity index (χ0n) is 15.8. The zero-order valence-corrected chi connectivity index (χ0v) is 15.8. The van der Waals surface area contributed by atoms with Gasteiger partial charge >= 0.3 is 0 Å². The van der Waals surface area contributed by atoms with E-state index in [-0.39, 0.29) is 23.6 Å². The Hall–Kier alpha value is -3.35. The van der Waals surface area contributed by atoms with E-state index in [1.54, 1.807) is 23.0 Å². The lowest BCUT2D eigenvalue weighted by Gasteiger charge is -2.06. The van der Waals surface area contributed by atoms with Gasteiger partial charge in [0.2, 0.25) is 5.91 Å². The summed E-state index contributed by atoms with van der Waals surface area (Å²) in [7, 11) is 0. The lowest BCUT2D eigenvalue weighted by atomic mass is 10.0. The Morgan fingerprint density at radius 2 is 2.18 bits per heavy atom. The minimum atomic E-state index is -0.360. The number of amides is 2. The molecule has 0 bridgehead atoms. The molecule has 4 rings (SSSR count). The van der Waals surface area contributed by atoms with E-state index in [0.717, 1.165) is 5.56 Å². The number of nitrogens with zero attached hydrogens (tertiary/aromatic N) is 2. The van der Waals surface area contributed by atoms with Crippen LogP contribution in [-0.4, -0.2) is 28.1 Å². The minimum Gasteiger partial charge on any atom is -0.451 e. The number of carbonyl (C=O) groups is 2. The molecule has 7 heteroatoms. The summed E-state index contributed by atoms with van der Waals surface area (Å²) in [6.07, 6.45) is 3.87. The molecule has 7 nitrogen and oxygen atoms in total. The van der Waals surface area contributed by atoms with Gasteiger partial charge in [0.1, 0.15) is 11.8 Å². The molecule has 3 aromatic rings. The number of hydrogen-bond acceptors (Lipinski definition) is 4. The quantitative estimate of drug-likeness (QED) is 0.710. The van der Waals surface area contributed by atoms with Gasteiger partial charge in [-0.05, 0) is 36.1 Å². The van der Waals surface area contributed by atoms with Crippen LogP contribution in [0.3, 0.4) is 0 Å². The third-order valence-corrected chi connectivity index (χ3v) is 4.87. The SMILES string of the molecule is CC(C)c1cccc(-c2ccc(C(=O)Nc3cnn(C4CCNC4=O)c3)o2)c1. The Morgan fingerprint density at radius 3 is 2.93 bits per heavy atom. The summed E-state index contributed by atoms with van der Waals surface area (Å²) in [6.45, 7) is 4.91. The first kappa shape index (κ1) is 18.0. The number of anilines is 1. The van der Waals surface area contributed by atoms with Crippen LogP contribution in [0.4, 0.5) is 5.69 Å². The van der Waals surface area contributed by atoms with Crippen molar-refractivity contribution in [1.82, 2.24) is 15.1 Å². The first-order valence-corrected chi connectivity index (χ1v) is 9.34.